The van der Waals surface area contributed by atoms with Gasteiger partial charge in [0, 0.05) is 5.92 Å². The van der Waals surface area contributed by atoms with Crippen LogP contribution in [0.5, 0.6) is 0 Å². The molecule has 0 bridgehead atoms. The lowest BCUT2D eigenvalue weighted by molar-refractivity contribution is -0.125. The third-order valence-corrected chi connectivity index (χ3v) is 7.43. The summed E-state index contributed by atoms with van der Waals surface area (Å²) in [7, 11) is -3.64. The van der Waals surface area contributed by atoms with Crippen LogP contribution in [0.25, 0.3) is 0 Å². The molecule has 1 rings (SSSR count). The fourth-order valence-corrected chi connectivity index (χ4v) is 5.33. The van der Waals surface area contributed by atoms with E-state index in [9.17, 15) is 9.36 Å². The van der Waals surface area contributed by atoms with Crippen molar-refractivity contribution in [3.8, 4) is 0 Å². The molecule has 0 fully saturated rings. The molecule has 0 saturated heterocycles. The molecule has 5 heteroatoms. The first kappa shape index (κ1) is 22.8. The van der Waals surface area contributed by atoms with Gasteiger partial charge in [0.25, 0.3) is 0 Å². The van der Waals surface area contributed by atoms with Crippen molar-refractivity contribution in [2.45, 2.75) is 59.0 Å². The summed E-state index contributed by atoms with van der Waals surface area (Å²) >= 11 is 0. The highest BCUT2D eigenvalue weighted by Crippen LogP contribution is 2.62. The van der Waals surface area contributed by atoms with Gasteiger partial charge in [-0.05, 0) is 52.5 Å². The van der Waals surface area contributed by atoms with Crippen molar-refractivity contribution in [2.75, 3.05) is 13.2 Å². The lowest BCUT2D eigenvalue weighted by Gasteiger charge is -2.37. The minimum atomic E-state index is -3.64. The van der Waals surface area contributed by atoms with Gasteiger partial charge in [-0.1, -0.05) is 49.4 Å². The highest BCUT2D eigenvalue weighted by molar-refractivity contribution is 7.56. The minimum Gasteiger partial charge on any atom is -0.308 e. The zero-order chi connectivity index (χ0) is 19.6. The van der Waals surface area contributed by atoms with E-state index < -0.39 is 12.8 Å². The molecule has 0 aromatic heterocycles. The second-order valence-electron chi connectivity index (χ2n) is 6.54. The molecule has 4 nitrogen and oxygen atoms in total. The van der Waals surface area contributed by atoms with Gasteiger partial charge in [0.1, 0.15) is 5.16 Å². The molecule has 0 aliphatic heterocycles. The molecule has 0 amide bonds. The summed E-state index contributed by atoms with van der Waals surface area (Å²) in [5.74, 6) is -0.263. The van der Waals surface area contributed by atoms with E-state index in [1.165, 1.54) is 0 Å². The van der Waals surface area contributed by atoms with E-state index in [2.05, 4.69) is 0 Å². The summed E-state index contributed by atoms with van der Waals surface area (Å²) in [4.78, 5) is 13.5. The number of carbonyl (C=O) groups is 1. The minimum absolute atomic E-state index is 0.0489. The van der Waals surface area contributed by atoms with Crippen LogP contribution in [0.4, 0.5) is 0 Å². The van der Waals surface area contributed by atoms with Crippen molar-refractivity contribution in [2.24, 2.45) is 5.92 Å². The number of benzene rings is 1. The third kappa shape index (κ3) is 5.39. The standard InChI is InChI=1S/C21H33O4P/c1-6-10-16-19(7-2)20(22)21(5,17-18-14-12-11-13-15-18)26(23,24-8-3)25-9-4/h6,10-15,19H,7-9,16-17H2,1-5H3/b10-6+. The predicted molar refractivity (Wildman–Crippen MR) is 108 cm³/mol. The van der Waals surface area contributed by atoms with Crippen LogP contribution in [0.1, 0.15) is 53.0 Å². The maximum atomic E-state index is 13.7. The second-order valence-corrected chi connectivity index (χ2v) is 9.04. The zero-order valence-electron chi connectivity index (χ0n) is 16.7. The number of ketones is 1. The van der Waals surface area contributed by atoms with Gasteiger partial charge in [-0.2, -0.15) is 0 Å². The SMILES string of the molecule is C/C=C/CC(CC)C(=O)C(C)(Cc1ccccc1)P(=O)(OCC)OCC. The van der Waals surface area contributed by atoms with Crippen molar-refractivity contribution in [3.05, 3.63) is 48.0 Å². The van der Waals surface area contributed by atoms with E-state index in [4.69, 9.17) is 9.05 Å². The first-order valence-electron chi connectivity index (χ1n) is 9.47. The maximum absolute atomic E-state index is 13.7. The Balaban J connectivity index is 3.39. The van der Waals surface area contributed by atoms with Crippen LogP contribution < -0.4 is 0 Å². The predicted octanol–water partition coefficient (Wildman–Crippen LogP) is 5.82. The molecule has 1 aromatic carbocycles. The molecule has 0 spiro atoms. The largest absolute Gasteiger partial charge is 0.344 e. The Morgan fingerprint density at radius 1 is 1.15 bits per heavy atom. The number of hydrogen-bond donors (Lipinski definition) is 0. The van der Waals surface area contributed by atoms with Crippen LogP contribution in [-0.2, 0) is 24.8 Å². The fraction of sp³-hybridized carbons (Fsp3) is 0.571. The normalized spacial score (nSPS) is 15.7. The second kappa shape index (κ2) is 10.8. The molecule has 1 aromatic rings. The van der Waals surface area contributed by atoms with Gasteiger partial charge < -0.3 is 9.05 Å². The maximum Gasteiger partial charge on any atom is 0.344 e. The molecular formula is C21H33O4P. The quantitative estimate of drug-likeness (QED) is 0.339. The van der Waals surface area contributed by atoms with E-state index in [0.29, 0.717) is 19.3 Å². The van der Waals surface area contributed by atoms with Crippen molar-refractivity contribution in [1.82, 2.24) is 0 Å². The third-order valence-electron chi connectivity index (χ3n) is 4.64. The number of Topliss-reactive ketones (excluding diaryl/α,β-unsaturated/α-hetero) is 1. The Kier molecular flexibility index (Phi) is 9.49. The molecular weight excluding hydrogens is 347 g/mol. The molecule has 146 valence electrons. The summed E-state index contributed by atoms with van der Waals surface area (Å²) in [6, 6.07) is 9.66. The lowest BCUT2D eigenvalue weighted by atomic mass is 9.85. The van der Waals surface area contributed by atoms with Crippen LogP contribution >= 0.6 is 7.60 Å². The number of carbonyl (C=O) groups excluding carboxylic acids is 1. The molecule has 26 heavy (non-hydrogen) atoms. The van der Waals surface area contributed by atoms with Gasteiger partial charge in [-0.3, -0.25) is 9.36 Å². The van der Waals surface area contributed by atoms with Gasteiger partial charge in [-0.25, -0.2) is 0 Å². The van der Waals surface area contributed by atoms with E-state index in [0.717, 1.165) is 5.56 Å². The Morgan fingerprint density at radius 2 is 1.73 bits per heavy atom. The highest BCUT2D eigenvalue weighted by atomic mass is 31.2. The fourth-order valence-electron chi connectivity index (χ4n) is 3.17. The van der Waals surface area contributed by atoms with Gasteiger partial charge in [0.15, 0.2) is 5.78 Å². The van der Waals surface area contributed by atoms with Crippen LogP contribution in [0.3, 0.4) is 0 Å². The molecule has 0 radical (unpaired) electrons. The summed E-state index contributed by atoms with van der Waals surface area (Å²) in [5.41, 5.74) is 0.948. The summed E-state index contributed by atoms with van der Waals surface area (Å²) in [6.07, 6.45) is 5.58. The smallest absolute Gasteiger partial charge is 0.308 e. The van der Waals surface area contributed by atoms with Crippen LogP contribution in [-0.4, -0.2) is 24.2 Å². The van der Waals surface area contributed by atoms with Crippen molar-refractivity contribution < 1.29 is 18.4 Å². The molecule has 0 saturated carbocycles. The highest BCUT2D eigenvalue weighted by Gasteiger charge is 2.53. The molecule has 0 aliphatic rings. The van der Waals surface area contributed by atoms with Gasteiger partial charge >= 0.3 is 7.60 Å². The Labute approximate surface area is 158 Å². The molecule has 2 atom stereocenters. The summed E-state index contributed by atoms with van der Waals surface area (Å²) in [5, 5.41) is -1.22. The topological polar surface area (TPSA) is 52.6 Å². The van der Waals surface area contributed by atoms with E-state index in [-0.39, 0.29) is 24.9 Å². The summed E-state index contributed by atoms with van der Waals surface area (Å²) in [6.45, 7) is 9.69. The van der Waals surface area contributed by atoms with E-state index in [1.807, 2.05) is 56.3 Å². The monoisotopic (exact) mass is 380 g/mol. The van der Waals surface area contributed by atoms with E-state index in [1.54, 1.807) is 20.8 Å². The number of allylic oxidation sites excluding steroid dienone is 2. The number of hydrogen-bond acceptors (Lipinski definition) is 4. The van der Waals surface area contributed by atoms with Gasteiger partial charge in [0.05, 0.1) is 13.2 Å². The van der Waals surface area contributed by atoms with Crippen LogP contribution in [0, 0.1) is 5.92 Å². The zero-order valence-corrected chi connectivity index (χ0v) is 17.6. The van der Waals surface area contributed by atoms with Crippen LogP contribution in [0.2, 0.25) is 0 Å². The molecule has 0 aliphatic carbocycles. The first-order valence-corrected chi connectivity index (χ1v) is 11.0. The first-order chi connectivity index (χ1) is 12.4. The average Bonchev–Trinajstić information content (AvgIpc) is 2.63. The summed E-state index contributed by atoms with van der Waals surface area (Å²) < 4.78 is 24.9. The Hall–Kier alpha value is -1.22. The van der Waals surface area contributed by atoms with Crippen molar-refractivity contribution in [1.29, 1.82) is 0 Å². The lowest BCUT2D eigenvalue weighted by Crippen LogP contribution is -2.43. The molecule has 0 heterocycles. The number of rotatable bonds is 12. The molecule has 0 N–H and O–H groups in total. The van der Waals surface area contributed by atoms with Crippen LogP contribution in [0.15, 0.2) is 42.5 Å². The average molecular weight is 380 g/mol. The van der Waals surface area contributed by atoms with Crippen molar-refractivity contribution >= 4 is 13.4 Å². The van der Waals surface area contributed by atoms with E-state index >= 15 is 0 Å². The van der Waals surface area contributed by atoms with Gasteiger partial charge in [-0.15, -0.1) is 0 Å². The Bertz CT molecular complexity index is 616. The Morgan fingerprint density at radius 3 is 2.19 bits per heavy atom. The van der Waals surface area contributed by atoms with Crippen molar-refractivity contribution in [3.63, 3.8) is 0 Å². The molecule has 2 unspecified atom stereocenters. The van der Waals surface area contributed by atoms with Gasteiger partial charge in [0.2, 0.25) is 0 Å².